The molecule has 9 nitrogen and oxygen atoms in total. The third kappa shape index (κ3) is 4.71. The van der Waals surface area contributed by atoms with E-state index >= 15 is 0 Å². The zero-order valence-corrected chi connectivity index (χ0v) is 19.0. The highest BCUT2D eigenvalue weighted by atomic mass is 19.1. The van der Waals surface area contributed by atoms with Crippen molar-refractivity contribution >= 4 is 22.6 Å². The smallest absolute Gasteiger partial charge is 0.267 e. The largest absolute Gasteiger partial charge is 0.379 e. The second-order valence-electron chi connectivity index (χ2n) is 8.40. The van der Waals surface area contributed by atoms with E-state index in [0.29, 0.717) is 37.6 Å². The van der Waals surface area contributed by atoms with Gasteiger partial charge in [0, 0.05) is 38.9 Å². The Hall–Kier alpha value is -3.89. The molecule has 180 valence electrons. The Morgan fingerprint density at radius 3 is 2.66 bits per heavy atom. The van der Waals surface area contributed by atoms with Crippen LogP contribution in [0.1, 0.15) is 15.9 Å². The number of carbonyl (C=O) groups excluding carboxylic acids is 1. The number of halogens is 1. The first-order valence-corrected chi connectivity index (χ1v) is 11.4. The Bertz CT molecular complexity index is 1510. The van der Waals surface area contributed by atoms with Crippen LogP contribution in [-0.4, -0.2) is 57.6 Å². The van der Waals surface area contributed by atoms with E-state index < -0.39 is 5.91 Å². The lowest BCUT2D eigenvalue weighted by molar-refractivity contribution is 0.0363. The zero-order chi connectivity index (χ0) is 24.4. The van der Waals surface area contributed by atoms with Gasteiger partial charge in [-0.2, -0.15) is 0 Å². The highest BCUT2D eigenvalue weighted by Crippen LogP contribution is 2.11. The van der Waals surface area contributed by atoms with Crippen LogP contribution in [0.15, 0.2) is 59.5 Å². The van der Waals surface area contributed by atoms with Gasteiger partial charge in [-0.3, -0.25) is 24.3 Å². The first-order valence-electron chi connectivity index (χ1n) is 11.4. The fourth-order valence-corrected chi connectivity index (χ4v) is 4.22. The Morgan fingerprint density at radius 2 is 1.89 bits per heavy atom. The van der Waals surface area contributed by atoms with Crippen molar-refractivity contribution in [2.75, 3.05) is 32.8 Å². The number of ether oxygens (including phenoxy) is 1. The van der Waals surface area contributed by atoms with Crippen LogP contribution in [0, 0.1) is 11.2 Å². The molecule has 10 heteroatoms. The number of morpholine rings is 1. The number of nitrogens with zero attached hydrogens (tertiary/aromatic N) is 4. The molecule has 35 heavy (non-hydrogen) atoms. The standard InChI is InChI=1S/C25H25FN6O3/c26-18-6-4-17(5-7-18)16-28-24(33)19-15-20-23(29-21-3-1-2-8-31(21)25(20)34)32(22(19)27)10-9-30-11-13-35-14-12-30/h1-8,15,27H,9-14,16H2,(H,28,33). The van der Waals surface area contributed by atoms with E-state index in [0.717, 1.165) is 18.7 Å². The fourth-order valence-electron chi connectivity index (χ4n) is 4.22. The van der Waals surface area contributed by atoms with Crippen molar-refractivity contribution in [3.8, 4) is 0 Å². The SMILES string of the molecule is N=c1c(C(=O)NCc2ccc(F)cc2)cc2c(=O)n3ccccc3nc2n1CCN1CCOCC1. The summed E-state index contributed by atoms with van der Waals surface area (Å²) in [6, 6.07) is 12.5. The van der Waals surface area contributed by atoms with Gasteiger partial charge in [0.25, 0.3) is 11.5 Å². The van der Waals surface area contributed by atoms with Gasteiger partial charge in [-0.15, -0.1) is 0 Å². The summed E-state index contributed by atoms with van der Waals surface area (Å²) in [5.74, 6) is -0.844. The van der Waals surface area contributed by atoms with Crippen LogP contribution in [0.4, 0.5) is 4.39 Å². The molecule has 3 aromatic heterocycles. The average molecular weight is 477 g/mol. The Labute approximate surface area is 199 Å². The molecule has 0 spiro atoms. The molecule has 0 radical (unpaired) electrons. The summed E-state index contributed by atoms with van der Waals surface area (Å²) >= 11 is 0. The van der Waals surface area contributed by atoms with Gasteiger partial charge in [0.05, 0.1) is 24.2 Å². The predicted molar refractivity (Wildman–Crippen MR) is 128 cm³/mol. The normalized spacial score (nSPS) is 14.4. The van der Waals surface area contributed by atoms with E-state index in [9.17, 15) is 14.0 Å². The first kappa shape index (κ1) is 22.9. The number of hydrogen-bond acceptors (Lipinski definition) is 6. The molecule has 4 aromatic rings. The molecule has 0 saturated carbocycles. The third-order valence-electron chi connectivity index (χ3n) is 6.17. The first-order chi connectivity index (χ1) is 17.0. The van der Waals surface area contributed by atoms with Crippen LogP contribution >= 0.6 is 0 Å². The lowest BCUT2D eigenvalue weighted by atomic mass is 10.1. The summed E-state index contributed by atoms with van der Waals surface area (Å²) in [5.41, 5.74) is 1.32. The molecule has 1 saturated heterocycles. The third-order valence-corrected chi connectivity index (χ3v) is 6.17. The quantitative estimate of drug-likeness (QED) is 0.411. The van der Waals surface area contributed by atoms with Gasteiger partial charge < -0.3 is 14.6 Å². The predicted octanol–water partition coefficient (Wildman–Crippen LogP) is 1.53. The fraction of sp³-hybridized carbons (Fsp3) is 0.280. The summed E-state index contributed by atoms with van der Waals surface area (Å²) in [6.07, 6.45) is 1.63. The van der Waals surface area contributed by atoms with Crippen molar-refractivity contribution in [2.45, 2.75) is 13.1 Å². The molecule has 2 N–H and O–H groups in total. The summed E-state index contributed by atoms with van der Waals surface area (Å²) < 4.78 is 21.7. The Morgan fingerprint density at radius 1 is 1.11 bits per heavy atom. The molecule has 1 aliphatic heterocycles. The van der Waals surface area contributed by atoms with E-state index in [1.54, 1.807) is 41.1 Å². The van der Waals surface area contributed by atoms with Crippen LogP contribution in [0.3, 0.4) is 0 Å². The molecule has 1 aliphatic rings. The van der Waals surface area contributed by atoms with Crippen molar-refractivity contribution in [2.24, 2.45) is 0 Å². The molecule has 1 amide bonds. The van der Waals surface area contributed by atoms with Gasteiger partial charge in [0.15, 0.2) is 0 Å². The van der Waals surface area contributed by atoms with Crippen molar-refractivity contribution in [1.29, 1.82) is 5.41 Å². The number of amides is 1. The number of aromatic nitrogens is 3. The number of rotatable bonds is 6. The lowest BCUT2D eigenvalue weighted by Gasteiger charge is -2.27. The molecule has 1 fully saturated rings. The van der Waals surface area contributed by atoms with Crippen LogP contribution in [0.25, 0.3) is 16.7 Å². The van der Waals surface area contributed by atoms with Gasteiger partial charge in [-0.25, -0.2) is 9.37 Å². The van der Waals surface area contributed by atoms with Crippen molar-refractivity contribution in [3.63, 3.8) is 0 Å². The molecule has 0 aliphatic carbocycles. The summed E-state index contributed by atoms with van der Waals surface area (Å²) in [6.45, 7) is 4.05. The molecule has 0 bridgehead atoms. The molecule has 5 rings (SSSR count). The van der Waals surface area contributed by atoms with E-state index in [1.165, 1.54) is 22.6 Å². The van der Waals surface area contributed by atoms with E-state index in [4.69, 9.17) is 10.1 Å². The minimum atomic E-state index is -0.487. The van der Waals surface area contributed by atoms with Crippen LogP contribution in [-0.2, 0) is 17.8 Å². The molecular formula is C25H25FN6O3. The van der Waals surface area contributed by atoms with Gasteiger partial charge in [-0.1, -0.05) is 18.2 Å². The number of pyridine rings is 2. The second-order valence-corrected chi connectivity index (χ2v) is 8.40. The molecule has 0 unspecified atom stereocenters. The highest BCUT2D eigenvalue weighted by molar-refractivity contribution is 5.96. The monoisotopic (exact) mass is 476 g/mol. The Kier molecular flexibility index (Phi) is 6.39. The number of hydrogen-bond donors (Lipinski definition) is 2. The van der Waals surface area contributed by atoms with E-state index in [-0.39, 0.29) is 34.4 Å². The maximum absolute atomic E-state index is 13.3. The number of fused-ring (bicyclic) bond motifs is 2. The molecular weight excluding hydrogens is 451 g/mol. The summed E-state index contributed by atoms with van der Waals surface area (Å²) in [5, 5.41) is 11.9. The summed E-state index contributed by atoms with van der Waals surface area (Å²) in [7, 11) is 0. The van der Waals surface area contributed by atoms with Crippen LogP contribution in [0.2, 0.25) is 0 Å². The van der Waals surface area contributed by atoms with Crippen LogP contribution < -0.4 is 16.4 Å². The Balaban J connectivity index is 1.55. The zero-order valence-electron chi connectivity index (χ0n) is 19.0. The minimum absolute atomic E-state index is 0.0189. The minimum Gasteiger partial charge on any atom is -0.379 e. The van der Waals surface area contributed by atoms with Gasteiger partial charge in [-0.05, 0) is 35.9 Å². The number of carbonyl (C=O) groups is 1. The summed E-state index contributed by atoms with van der Waals surface area (Å²) in [4.78, 5) is 33.3. The number of nitrogens with one attached hydrogen (secondary N) is 2. The molecule has 1 aromatic carbocycles. The van der Waals surface area contributed by atoms with Gasteiger partial charge >= 0.3 is 0 Å². The molecule has 4 heterocycles. The maximum Gasteiger partial charge on any atom is 0.267 e. The van der Waals surface area contributed by atoms with E-state index in [2.05, 4.69) is 15.2 Å². The van der Waals surface area contributed by atoms with Crippen molar-refractivity contribution in [3.05, 3.63) is 87.5 Å². The second kappa shape index (κ2) is 9.77. The van der Waals surface area contributed by atoms with Gasteiger partial charge in [0.2, 0.25) is 0 Å². The van der Waals surface area contributed by atoms with Crippen molar-refractivity contribution < 1.29 is 13.9 Å². The van der Waals surface area contributed by atoms with Gasteiger partial charge in [0.1, 0.15) is 22.6 Å². The molecule has 0 atom stereocenters. The maximum atomic E-state index is 13.3. The lowest BCUT2D eigenvalue weighted by Crippen LogP contribution is -2.41. The highest BCUT2D eigenvalue weighted by Gasteiger charge is 2.19. The van der Waals surface area contributed by atoms with Crippen LogP contribution in [0.5, 0.6) is 0 Å². The topological polar surface area (TPSA) is 105 Å². The van der Waals surface area contributed by atoms with Crippen molar-refractivity contribution in [1.82, 2.24) is 24.2 Å². The average Bonchev–Trinajstić information content (AvgIpc) is 2.88. The number of benzene rings is 1. The van der Waals surface area contributed by atoms with E-state index in [1.807, 2.05) is 0 Å².